The molecule has 24 heavy (non-hydrogen) atoms. The molecule has 0 saturated heterocycles. The monoisotopic (exact) mass is 327 g/mol. The molecular formula is C16H14FN5O2. The van der Waals surface area contributed by atoms with E-state index >= 15 is 0 Å². The highest BCUT2D eigenvalue weighted by Crippen LogP contribution is 2.38. The maximum Gasteiger partial charge on any atom is 0.356 e. The van der Waals surface area contributed by atoms with E-state index in [4.69, 9.17) is 5.73 Å². The number of anilines is 1. The highest BCUT2D eigenvalue weighted by atomic mass is 19.1. The minimum atomic E-state index is -0.948. The molecule has 0 bridgehead atoms. The van der Waals surface area contributed by atoms with E-state index in [9.17, 15) is 14.3 Å². The first-order valence-corrected chi connectivity index (χ1v) is 7.07. The zero-order chi connectivity index (χ0) is 17.1. The predicted octanol–water partition coefficient (Wildman–Crippen LogP) is 3.72. The lowest BCUT2D eigenvalue weighted by molar-refractivity contribution is 0.255. The van der Waals surface area contributed by atoms with Crippen molar-refractivity contribution in [3.63, 3.8) is 0 Å². The van der Waals surface area contributed by atoms with Crippen LogP contribution < -0.4 is 11.1 Å². The van der Waals surface area contributed by atoms with E-state index in [0.29, 0.717) is 16.6 Å². The van der Waals surface area contributed by atoms with Gasteiger partial charge in [-0.25, -0.2) is 9.18 Å². The van der Waals surface area contributed by atoms with E-state index < -0.39 is 6.03 Å². The molecule has 0 atom stereocenters. The van der Waals surface area contributed by atoms with Crippen molar-refractivity contribution in [1.29, 1.82) is 0 Å². The SMILES string of the molecule is NC(=O)N=Nc1c(O)n(CNc2ccc(F)cc2)c2ccccc12. The van der Waals surface area contributed by atoms with Crippen molar-refractivity contribution in [2.24, 2.45) is 16.0 Å². The van der Waals surface area contributed by atoms with E-state index in [-0.39, 0.29) is 24.1 Å². The summed E-state index contributed by atoms with van der Waals surface area (Å²) in [7, 11) is 0. The molecule has 0 radical (unpaired) electrons. The second-order valence-corrected chi connectivity index (χ2v) is 5.00. The zero-order valence-corrected chi connectivity index (χ0v) is 12.5. The number of aromatic hydroxyl groups is 1. The second-order valence-electron chi connectivity index (χ2n) is 5.00. The van der Waals surface area contributed by atoms with Gasteiger partial charge in [-0.05, 0) is 30.3 Å². The highest BCUT2D eigenvalue weighted by Gasteiger charge is 2.16. The van der Waals surface area contributed by atoms with Crippen molar-refractivity contribution >= 4 is 28.3 Å². The van der Waals surface area contributed by atoms with Gasteiger partial charge >= 0.3 is 6.03 Å². The summed E-state index contributed by atoms with van der Waals surface area (Å²) >= 11 is 0. The van der Waals surface area contributed by atoms with Crippen LogP contribution in [-0.2, 0) is 6.67 Å². The lowest BCUT2D eigenvalue weighted by Gasteiger charge is -2.10. The minimum Gasteiger partial charge on any atom is -0.493 e. The van der Waals surface area contributed by atoms with Crippen molar-refractivity contribution in [2.75, 3.05) is 5.32 Å². The van der Waals surface area contributed by atoms with Crippen molar-refractivity contribution in [3.8, 4) is 5.88 Å². The summed E-state index contributed by atoms with van der Waals surface area (Å²) < 4.78 is 14.5. The molecule has 1 aromatic heterocycles. The molecular weight excluding hydrogens is 313 g/mol. The smallest absolute Gasteiger partial charge is 0.356 e. The number of hydrogen-bond donors (Lipinski definition) is 3. The predicted molar refractivity (Wildman–Crippen MR) is 87.7 cm³/mol. The van der Waals surface area contributed by atoms with Crippen molar-refractivity contribution < 1.29 is 14.3 Å². The number of halogens is 1. The molecule has 122 valence electrons. The molecule has 1 heterocycles. The molecule has 7 nitrogen and oxygen atoms in total. The number of carbonyl (C=O) groups excluding carboxylic acids is 1. The topological polar surface area (TPSA) is 105 Å². The first-order chi connectivity index (χ1) is 11.6. The number of hydrogen-bond acceptors (Lipinski definition) is 4. The number of nitrogens with zero attached hydrogens (tertiary/aromatic N) is 3. The lowest BCUT2D eigenvalue weighted by Crippen LogP contribution is -2.07. The van der Waals surface area contributed by atoms with Crippen LogP contribution in [0.2, 0.25) is 0 Å². The van der Waals surface area contributed by atoms with Gasteiger partial charge in [0.1, 0.15) is 5.82 Å². The molecule has 8 heteroatoms. The van der Waals surface area contributed by atoms with Gasteiger partial charge < -0.3 is 16.2 Å². The molecule has 0 aliphatic heterocycles. The number of para-hydroxylation sites is 1. The number of carbonyl (C=O) groups is 1. The highest BCUT2D eigenvalue weighted by molar-refractivity contribution is 5.95. The summed E-state index contributed by atoms with van der Waals surface area (Å²) in [6, 6.07) is 12.0. The molecule has 0 fully saturated rings. The van der Waals surface area contributed by atoms with Gasteiger partial charge in [-0.15, -0.1) is 5.11 Å². The number of urea groups is 1. The lowest BCUT2D eigenvalue weighted by atomic mass is 10.2. The number of primary amides is 1. The van der Waals surface area contributed by atoms with Crippen molar-refractivity contribution in [3.05, 3.63) is 54.3 Å². The van der Waals surface area contributed by atoms with E-state index in [1.54, 1.807) is 34.9 Å². The fourth-order valence-corrected chi connectivity index (χ4v) is 2.37. The maximum atomic E-state index is 12.9. The Labute approximate surface area is 136 Å². The summed E-state index contributed by atoms with van der Waals surface area (Å²) in [6.07, 6.45) is 0. The van der Waals surface area contributed by atoms with E-state index in [2.05, 4.69) is 15.5 Å². The van der Waals surface area contributed by atoms with Gasteiger partial charge in [0.05, 0.1) is 12.2 Å². The van der Waals surface area contributed by atoms with Crippen LogP contribution in [0.4, 0.5) is 20.6 Å². The standard InChI is InChI=1S/C16H14FN5O2/c17-10-5-7-11(8-6-10)19-9-22-13-4-2-1-3-12(13)14(15(22)23)20-21-16(18)24/h1-8,19,23H,9H2,(H2,18,24). The number of aromatic nitrogens is 1. The average molecular weight is 327 g/mol. The summed E-state index contributed by atoms with van der Waals surface area (Å²) in [5, 5.41) is 21.1. The number of fused-ring (bicyclic) bond motifs is 1. The summed E-state index contributed by atoms with van der Waals surface area (Å²) in [6.45, 7) is 0.212. The Morgan fingerprint density at radius 1 is 1.21 bits per heavy atom. The Morgan fingerprint density at radius 2 is 1.92 bits per heavy atom. The normalized spacial score (nSPS) is 11.2. The molecule has 4 N–H and O–H groups in total. The summed E-state index contributed by atoms with van der Waals surface area (Å²) in [4.78, 5) is 10.8. The minimum absolute atomic E-state index is 0.157. The van der Waals surface area contributed by atoms with Crippen LogP contribution in [-0.4, -0.2) is 15.7 Å². The Kier molecular flexibility index (Phi) is 4.11. The molecule has 0 aliphatic rings. The van der Waals surface area contributed by atoms with Gasteiger partial charge in [-0.3, -0.25) is 4.57 Å². The fraction of sp³-hybridized carbons (Fsp3) is 0.0625. The average Bonchev–Trinajstić information content (AvgIpc) is 2.84. The summed E-state index contributed by atoms with van der Waals surface area (Å²) in [5.41, 5.74) is 6.50. The number of nitrogens with one attached hydrogen (secondary N) is 1. The molecule has 3 aromatic rings. The number of nitrogens with two attached hydrogens (primary N) is 1. The molecule has 0 unspecified atom stereocenters. The van der Waals surface area contributed by atoms with Gasteiger partial charge in [0.15, 0.2) is 5.69 Å². The Hall–Kier alpha value is -3.42. The second kappa shape index (κ2) is 6.37. The molecule has 2 aromatic carbocycles. The van der Waals surface area contributed by atoms with Crippen molar-refractivity contribution in [1.82, 2.24) is 4.57 Å². The van der Waals surface area contributed by atoms with Gasteiger partial charge in [0, 0.05) is 11.1 Å². The van der Waals surface area contributed by atoms with Gasteiger partial charge in [-0.1, -0.05) is 23.3 Å². The van der Waals surface area contributed by atoms with Gasteiger partial charge in [0.25, 0.3) is 0 Å². The van der Waals surface area contributed by atoms with E-state index in [1.165, 1.54) is 12.1 Å². The quantitative estimate of drug-likeness (QED) is 0.636. The third kappa shape index (κ3) is 3.02. The Morgan fingerprint density at radius 3 is 2.62 bits per heavy atom. The number of rotatable bonds is 4. The Bertz CT molecular complexity index is 918. The van der Waals surface area contributed by atoms with E-state index in [0.717, 1.165) is 0 Å². The largest absolute Gasteiger partial charge is 0.493 e. The van der Waals surface area contributed by atoms with Crippen LogP contribution in [0.3, 0.4) is 0 Å². The number of benzene rings is 2. The zero-order valence-electron chi connectivity index (χ0n) is 12.5. The first-order valence-electron chi connectivity index (χ1n) is 7.07. The van der Waals surface area contributed by atoms with Crippen LogP contribution in [0.25, 0.3) is 10.9 Å². The number of azo groups is 1. The van der Waals surface area contributed by atoms with Gasteiger partial charge in [-0.2, -0.15) is 0 Å². The molecule has 3 rings (SSSR count). The van der Waals surface area contributed by atoms with Crippen LogP contribution in [0, 0.1) is 5.82 Å². The van der Waals surface area contributed by atoms with Crippen LogP contribution in [0.1, 0.15) is 0 Å². The third-order valence-corrected chi connectivity index (χ3v) is 3.45. The van der Waals surface area contributed by atoms with Crippen LogP contribution in [0.15, 0.2) is 58.8 Å². The van der Waals surface area contributed by atoms with Crippen LogP contribution in [0.5, 0.6) is 5.88 Å². The molecule has 2 amide bonds. The van der Waals surface area contributed by atoms with Crippen molar-refractivity contribution in [2.45, 2.75) is 6.67 Å². The molecule has 0 saturated carbocycles. The number of amides is 2. The fourth-order valence-electron chi connectivity index (χ4n) is 2.37. The van der Waals surface area contributed by atoms with Gasteiger partial charge in [0.2, 0.25) is 5.88 Å². The molecule has 0 aliphatic carbocycles. The maximum absolute atomic E-state index is 12.9. The molecule has 0 spiro atoms. The summed E-state index contributed by atoms with van der Waals surface area (Å²) in [5.74, 6) is -0.486. The Balaban J connectivity index is 1.96. The van der Waals surface area contributed by atoms with E-state index in [1.807, 2.05) is 6.07 Å². The van der Waals surface area contributed by atoms with Crippen LogP contribution >= 0.6 is 0 Å². The third-order valence-electron chi connectivity index (χ3n) is 3.45. The first kappa shape index (κ1) is 15.5.